The van der Waals surface area contributed by atoms with Crippen LogP contribution >= 0.6 is 0 Å². The van der Waals surface area contributed by atoms with E-state index in [-0.39, 0.29) is 24.0 Å². The molecule has 218 valence electrons. The largest absolute Gasteiger partial charge is 0.352 e. The summed E-state index contributed by atoms with van der Waals surface area (Å²) in [6, 6.07) is 21.8. The molecule has 1 heterocycles. The number of benzene rings is 3. The number of fused-ring (bicyclic) bond motifs is 1. The molecule has 0 saturated carbocycles. The maximum absolute atomic E-state index is 14.1. The summed E-state index contributed by atoms with van der Waals surface area (Å²) in [5.74, 6) is -1.35. The van der Waals surface area contributed by atoms with Crippen molar-refractivity contribution in [2.75, 3.05) is 14.1 Å². The number of nitrogens with zero attached hydrogens (tertiary/aromatic N) is 3. The molecule has 0 spiro atoms. The fourth-order valence-electron chi connectivity index (χ4n) is 4.51. The molecule has 3 amide bonds. The molecular formula is C32H36N6O4. The first-order valence-corrected chi connectivity index (χ1v) is 13.7. The Labute approximate surface area is 245 Å². The summed E-state index contributed by atoms with van der Waals surface area (Å²) in [6.45, 7) is 3.54. The number of rotatable bonds is 11. The minimum absolute atomic E-state index is 0.105. The molecule has 4 N–H and O–H groups in total. The molecule has 0 aliphatic heterocycles. The van der Waals surface area contributed by atoms with Crippen LogP contribution in [0, 0.1) is 0 Å². The van der Waals surface area contributed by atoms with E-state index in [2.05, 4.69) is 20.8 Å². The normalized spacial score (nSPS) is 13.1. The number of hydrogen-bond donors (Lipinski definition) is 3. The van der Waals surface area contributed by atoms with Crippen LogP contribution in [0.1, 0.15) is 47.5 Å². The van der Waals surface area contributed by atoms with Crippen LogP contribution in [0.15, 0.2) is 89.5 Å². The number of amides is 3. The molecule has 0 aliphatic rings. The average Bonchev–Trinajstić information content (AvgIpc) is 3.47. The van der Waals surface area contributed by atoms with Crippen LogP contribution in [0.4, 0.5) is 0 Å². The van der Waals surface area contributed by atoms with Gasteiger partial charge in [-0.15, -0.1) is 0 Å². The number of aromatic nitrogens is 2. The van der Waals surface area contributed by atoms with E-state index in [0.29, 0.717) is 6.42 Å². The van der Waals surface area contributed by atoms with Crippen LogP contribution in [0.2, 0.25) is 0 Å². The van der Waals surface area contributed by atoms with E-state index in [1.165, 1.54) is 18.0 Å². The number of carbonyl (C=O) groups is 3. The summed E-state index contributed by atoms with van der Waals surface area (Å²) in [6.07, 6.45) is 3.51. The van der Waals surface area contributed by atoms with Crippen LogP contribution in [0.5, 0.6) is 0 Å². The second kappa shape index (κ2) is 13.2. The molecule has 10 nitrogen and oxygen atoms in total. The van der Waals surface area contributed by atoms with Crippen molar-refractivity contribution in [2.24, 2.45) is 5.73 Å². The van der Waals surface area contributed by atoms with Crippen molar-refractivity contribution in [1.29, 1.82) is 0 Å². The van der Waals surface area contributed by atoms with Crippen molar-refractivity contribution in [3.05, 3.63) is 108 Å². The standard InChI is InChI=1S/C32H36N6O4/c1-32(2,33)17-16-27(39)35-25(19-22-14-15-23-12-8-9-13-24(23)18-22)31(41)38(4)26(20-21-10-6-5-7-11-21)30-36-28(37-42-30)29(40)34-3/h5-18,25-26H,19-20,33H2,1-4H3,(H,34,40)(H,35,39)/b17-16+/t25?,26-/m1/s1. The molecule has 10 heteroatoms. The SMILES string of the molecule is CNC(=O)c1noc([C@@H](Cc2ccccc2)N(C)C(=O)C(Cc2ccc3ccccc3c2)NC(=O)/C=C/C(C)(C)N)n1. The van der Waals surface area contributed by atoms with E-state index in [4.69, 9.17) is 10.3 Å². The molecule has 0 radical (unpaired) electrons. The van der Waals surface area contributed by atoms with Crippen molar-refractivity contribution in [2.45, 2.75) is 44.3 Å². The van der Waals surface area contributed by atoms with Gasteiger partial charge in [-0.25, -0.2) is 0 Å². The van der Waals surface area contributed by atoms with Gasteiger partial charge in [0.2, 0.25) is 17.7 Å². The van der Waals surface area contributed by atoms with Crippen LogP contribution in [-0.4, -0.2) is 58.4 Å². The number of hydrogen-bond acceptors (Lipinski definition) is 7. The summed E-state index contributed by atoms with van der Waals surface area (Å²) in [7, 11) is 3.09. The predicted molar refractivity (Wildman–Crippen MR) is 160 cm³/mol. The van der Waals surface area contributed by atoms with Gasteiger partial charge >= 0.3 is 0 Å². The zero-order valence-corrected chi connectivity index (χ0v) is 24.2. The second-order valence-corrected chi connectivity index (χ2v) is 10.8. The topological polar surface area (TPSA) is 143 Å². The van der Waals surface area contributed by atoms with E-state index >= 15 is 0 Å². The number of nitrogens with two attached hydrogens (primary N) is 1. The minimum atomic E-state index is -0.922. The van der Waals surface area contributed by atoms with E-state index < -0.39 is 29.4 Å². The molecular weight excluding hydrogens is 532 g/mol. The third-order valence-corrected chi connectivity index (χ3v) is 6.78. The van der Waals surface area contributed by atoms with Gasteiger partial charge in [0.1, 0.15) is 12.1 Å². The highest BCUT2D eigenvalue weighted by molar-refractivity contribution is 5.93. The maximum atomic E-state index is 14.1. The Balaban J connectivity index is 1.67. The quantitative estimate of drug-likeness (QED) is 0.236. The Kier molecular flexibility index (Phi) is 9.49. The molecule has 1 aromatic heterocycles. The third-order valence-electron chi connectivity index (χ3n) is 6.78. The summed E-state index contributed by atoms with van der Waals surface area (Å²) in [5, 5.41) is 11.2. The molecule has 0 saturated heterocycles. The third kappa shape index (κ3) is 7.88. The van der Waals surface area contributed by atoms with Crippen LogP contribution in [0.3, 0.4) is 0 Å². The lowest BCUT2D eigenvalue weighted by atomic mass is 9.99. The van der Waals surface area contributed by atoms with E-state index in [1.807, 2.05) is 72.8 Å². The lowest BCUT2D eigenvalue weighted by Crippen LogP contribution is -2.49. The molecule has 0 fully saturated rings. The van der Waals surface area contributed by atoms with E-state index in [1.54, 1.807) is 27.0 Å². The van der Waals surface area contributed by atoms with Gasteiger partial charge in [-0.2, -0.15) is 4.98 Å². The van der Waals surface area contributed by atoms with Crippen molar-refractivity contribution in [3.8, 4) is 0 Å². The molecule has 3 aromatic carbocycles. The van der Waals surface area contributed by atoms with Crippen LogP contribution < -0.4 is 16.4 Å². The van der Waals surface area contributed by atoms with Gasteiger partial charge in [0, 0.05) is 38.6 Å². The van der Waals surface area contributed by atoms with Gasteiger partial charge in [-0.05, 0) is 35.7 Å². The van der Waals surface area contributed by atoms with Crippen molar-refractivity contribution in [3.63, 3.8) is 0 Å². The Bertz CT molecular complexity index is 1570. The van der Waals surface area contributed by atoms with Crippen molar-refractivity contribution in [1.82, 2.24) is 25.7 Å². The number of nitrogens with one attached hydrogen (secondary N) is 2. The smallest absolute Gasteiger partial charge is 0.292 e. The summed E-state index contributed by atoms with van der Waals surface area (Å²) in [4.78, 5) is 45.0. The molecule has 1 unspecified atom stereocenters. The van der Waals surface area contributed by atoms with Crippen LogP contribution in [0.25, 0.3) is 10.8 Å². The molecule has 0 bridgehead atoms. The minimum Gasteiger partial charge on any atom is -0.352 e. The Morgan fingerprint density at radius 3 is 2.36 bits per heavy atom. The van der Waals surface area contributed by atoms with Crippen molar-refractivity contribution < 1.29 is 18.9 Å². The monoisotopic (exact) mass is 568 g/mol. The molecule has 42 heavy (non-hydrogen) atoms. The lowest BCUT2D eigenvalue weighted by Gasteiger charge is -2.30. The fourth-order valence-corrected chi connectivity index (χ4v) is 4.51. The van der Waals surface area contributed by atoms with E-state index in [9.17, 15) is 14.4 Å². The van der Waals surface area contributed by atoms with Crippen molar-refractivity contribution >= 4 is 28.5 Å². The van der Waals surface area contributed by atoms with Gasteiger partial charge in [-0.3, -0.25) is 14.4 Å². The van der Waals surface area contributed by atoms with Gasteiger partial charge < -0.3 is 25.8 Å². The Morgan fingerprint density at radius 1 is 0.976 bits per heavy atom. The summed E-state index contributed by atoms with van der Waals surface area (Å²) >= 11 is 0. The first-order valence-electron chi connectivity index (χ1n) is 13.7. The first kappa shape index (κ1) is 30.1. The number of carbonyl (C=O) groups excluding carboxylic acids is 3. The zero-order valence-electron chi connectivity index (χ0n) is 24.2. The molecule has 2 atom stereocenters. The van der Waals surface area contributed by atoms with E-state index in [0.717, 1.165) is 21.9 Å². The summed E-state index contributed by atoms with van der Waals surface area (Å²) in [5.41, 5.74) is 7.11. The molecule has 4 rings (SSSR count). The first-order chi connectivity index (χ1) is 20.0. The molecule has 0 aliphatic carbocycles. The highest BCUT2D eigenvalue weighted by atomic mass is 16.5. The Hall–Kier alpha value is -4.83. The van der Waals surface area contributed by atoms with Gasteiger partial charge in [0.25, 0.3) is 11.7 Å². The highest BCUT2D eigenvalue weighted by Gasteiger charge is 2.33. The second-order valence-electron chi connectivity index (χ2n) is 10.8. The lowest BCUT2D eigenvalue weighted by molar-refractivity contribution is -0.137. The van der Waals surface area contributed by atoms with Gasteiger partial charge in [0.15, 0.2) is 0 Å². The maximum Gasteiger partial charge on any atom is 0.292 e. The zero-order chi connectivity index (χ0) is 30.3. The fraction of sp³-hybridized carbons (Fsp3) is 0.281. The summed E-state index contributed by atoms with van der Waals surface area (Å²) < 4.78 is 5.47. The van der Waals surface area contributed by atoms with Gasteiger partial charge in [-0.1, -0.05) is 84.0 Å². The molecule has 4 aromatic rings. The van der Waals surface area contributed by atoms with Gasteiger partial charge in [0.05, 0.1) is 0 Å². The average molecular weight is 569 g/mol. The Morgan fingerprint density at radius 2 is 1.67 bits per heavy atom. The highest BCUT2D eigenvalue weighted by Crippen LogP contribution is 2.25. The number of likely N-dealkylation sites (N-methyl/N-ethyl adjacent to an activating group) is 1. The van der Waals surface area contributed by atoms with Crippen LogP contribution in [-0.2, 0) is 22.4 Å². The predicted octanol–water partition coefficient (Wildman–Crippen LogP) is 3.35.